The molecule has 1 aromatic heterocycles. The minimum atomic E-state index is 0.160. The normalized spacial score (nSPS) is 15.4. The topological polar surface area (TPSA) is 48.1 Å². The molecule has 14 heavy (non-hydrogen) atoms. The van der Waals surface area contributed by atoms with Crippen LogP contribution in [0.3, 0.4) is 0 Å². The molecule has 0 saturated heterocycles. The van der Waals surface area contributed by atoms with Crippen LogP contribution in [0.25, 0.3) is 0 Å². The van der Waals surface area contributed by atoms with Crippen LogP contribution in [-0.4, -0.2) is 24.7 Å². The molecule has 0 spiro atoms. The number of hydrogen-bond donors (Lipinski definition) is 1. The first-order valence-electron chi connectivity index (χ1n) is 4.84. The van der Waals surface area contributed by atoms with Gasteiger partial charge in [-0.3, -0.25) is 0 Å². The Kier molecular flexibility index (Phi) is 4.51. The molecule has 2 N–H and O–H groups in total. The minimum Gasteiger partial charge on any atom is -0.384 e. The van der Waals surface area contributed by atoms with Crippen molar-refractivity contribution in [2.75, 3.05) is 13.7 Å². The first-order chi connectivity index (χ1) is 6.65. The summed E-state index contributed by atoms with van der Waals surface area (Å²) in [6, 6.07) is 0.160. The van der Waals surface area contributed by atoms with Crippen molar-refractivity contribution >= 4 is 11.3 Å². The molecule has 1 aromatic rings. The fourth-order valence-electron chi connectivity index (χ4n) is 1.11. The molecule has 2 atom stereocenters. The van der Waals surface area contributed by atoms with Crippen LogP contribution < -0.4 is 5.73 Å². The van der Waals surface area contributed by atoms with Crippen molar-refractivity contribution in [1.29, 1.82) is 0 Å². The molecule has 80 valence electrons. The molecule has 0 fully saturated rings. The lowest BCUT2D eigenvalue weighted by Gasteiger charge is -2.11. The van der Waals surface area contributed by atoms with Crippen LogP contribution in [0.2, 0.25) is 0 Å². The number of ether oxygens (including phenoxy) is 1. The van der Waals surface area contributed by atoms with E-state index in [2.05, 4.69) is 17.3 Å². The van der Waals surface area contributed by atoms with Crippen molar-refractivity contribution < 1.29 is 4.74 Å². The number of nitrogens with zero attached hydrogens (tertiary/aromatic N) is 1. The zero-order chi connectivity index (χ0) is 10.6. The van der Waals surface area contributed by atoms with Crippen molar-refractivity contribution in [2.24, 2.45) is 5.73 Å². The van der Waals surface area contributed by atoms with Crippen molar-refractivity contribution in [1.82, 2.24) is 4.98 Å². The highest BCUT2D eigenvalue weighted by molar-refractivity contribution is 7.09. The quantitative estimate of drug-likeness (QED) is 0.813. The van der Waals surface area contributed by atoms with Crippen LogP contribution in [0, 0.1) is 0 Å². The zero-order valence-corrected chi connectivity index (χ0v) is 9.80. The maximum atomic E-state index is 5.82. The fourth-order valence-corrected chi connectivity index (χ4v) is 1.99. The van der Waals surface area contributed by atoms with E-state index in [9.17, 15) is 0 Å². The van der Waals surface area contributed by atoms with Crippen LogP contribution in [0.4, 0.5) is 0 Å². The van der Waals surface area contributed by atoms with Gasteiger partial charge >= 0.3 is 0 Å². The van der Waals surface area contributed by atoms with Gasteiger partial charge in [0.15, 0.2) is 0 Å². The van der Waals surface area contributed by atoms with Crippen LogP contribution in [0.5, 0.6) is 0 Å². The van der Waals surface area contributed by atoms with E-state index in [4.69, 9.17) is 10.5 Å². The third kappa shape index (κ3) is 3.04. The number of thiazole rings is 1. The largest absolute Gasteiger partial charge is 0.384 e. The van der Waals surface area contributed by atoms with Crippen molar-refractivity contribution in [2.45, 2.75) is 32.2 Å². The van der Waals surface area contributed by atoms with E-state index in [1.165, 1.54) is 0 Å². The van der Waals surface area contributed by atoms with Gasteiger partial charge in [-0.15, -0.1) is 11.3 Å². The summed E-state index contributed by atoms with van der Waals surface area (Å²) in [6.45, 7) is 4.86. The predicted molar refractivity (Wildman–Crippen MR) is 59.8 cm³/mol. The molecule has 0 aromatic carbocycles. The lowest BCUT2D eigenvalue weighted by Crippen LogP contribution is -2.22. The fraction of sp³-hybridized carbons (Fsp3) is 0.700. The first-order valence-corrected chi connectivity index (χ1v) is 5.72. The Balaban J connectivity index is 2.58. The molecule has 0 aliphatic rings. The van der Waals surface area contributed by atoms with Gasteiger partial charge in [0.25, 0.3) is 0 Å². The summed E-state index contributed by atoms with van der Waals surface area (Å²) >= 11 is 1.69. The van der Waals surface area contributed by atoms with Crippen LogP contribution >= 0.6 is 11.3 Å². The number of methoxy groups -OCH3 is 1. The van der Waals surface area contributed by atoms with Gasteiger partial charge in [-0.2, -0.15) is 0 Å². The molecule has 0 aliphatic heterocycles. The van der Waals surface area contributed by atoms with E-state index in [1.54, 1.807) is 18.4 Å². The van der Waals surface area contributed by atoms with E-state index >= 15 is 0 Å². The van der Waals surface area contributed by atoms with Crippen LogP contribution in [-0.2, 0) is 11.2 Å². The molecule has 3 nitrogen and oxygen atoms in total. The summed E-state index contributed by atoms with van der Waals surface area (Å²) in [5, 5.41) is 3.23. The average Bonchev–Trinajstić information content (AvgIpc) is 2.61. The monoisotopic (exact) mass is 214 g/mol. The summed E-state index contributed by atoms with van der Waals surface area (Å²) in [7, 11) is 1.71. The second-order valence-electron chi connectivity index (χ2n) is 3.56. The van der Waals surface area contributed by atoms with Gasteiger partial charge in [0.2, 0.25) is 0 Å². The van der Waals surface area contributed by atoms with E-state index < -0.39 is 0 Å². The van der Waals surface area contributed by atoms with Crippen molar-refractivity contribution in [3.05, 3.63) is 16.1 Å². The lowest BCUT2D eigenvalue weighted by atomic mass is 10.0. The third-order valence-corrected chi connectivity index (χ3v) is 3.27. The Morgan fingerprint density at radius 3 is 2.86 bits per heavy atom. The molecule has 4 heteroatoms. The van der Waals surface area contributed by atoms with Gasteiger partial charge in [-0.1, -0.05) is 6.92 Å². The Labute approximate surface area is 89.3 Å². The standard InChI is InChI=1S/C10H18N2OS/c1-7(8(2)11)9-6-14-10(12-9)4-5-13-3/h6-8H,4-5,11H2,1-3H3. The molecule has 1 heterocycles. The van der Waals surface area contributed by atoms with E-state index in [-0.39, 0.29) is 6.04 Å². The predicted octanol–water partition coefficient (Wildman–Crippen LogP) is 1.78. The zero-order valence-electron chi connectivity index (χ0n) is 8.99. The van der Waals surface area contributed by atoms with Gasteiger partial charge in [-0.05, 0) is 6.92 Å². The summed E-state index contributed by atoms with van der Waals surface area (Å²) < 4.78 is 5.00. The summed E-state index contributed by atoms with van der Waals surface area (Å²) in [5.41, 5.74) is 6.92. The first kappa shape index (κ1) is 11.6. The molecule has 0 bridgehead atoms. The highest BCUT2D eigenvalue weighted by Gasteiger charge is 2.13. The van der Waals surface area contributed by atoms with Crippen molar-refractivity contribution in [3.63, 3.8) is 0 Å². The van der Waals surface area contributed by atoms with Gasteiger partial charge in [0.05, 0.1) is 17.3 Å². The summed E-state index contributed by atoms with van der Waals surface area (Å²) in [4.78, 5) is 4.53. The average molecular weight is 214 g/mol. The second-order valence-corrected chi connectivity index (χ2v) is 4.50. The molecule has 0 amide bonds. The minimum absolute atomic E-state index is 0.160. The molecule has 2 unspecified atom stereocenters. The Morgan fingerprint density at radius 1 is 1.57 bits per heavy atom. The number of rotatable bonds is 5. The highest BCUT2D eigenvalue weighted by Crippen LogP contribution is 2.20. The second kappa shape index (κ2) is 5.44. The molecular formula is C10H18N2OS. The molecule has 0 radical (unpaired) electrons. The Hall–Kier alpha value is -0.450. The lowest BCUT2D eigenvalue weighted by molar-refractivity contribution is 0.202. The van der Waals surface area contributed by atoms with Crippen LogP contribution in [0.15, 0.2) is 5.38 Å². The smallest absolute Gasteiger partial charge is 0.0951 e. The Bertz CT molecular complexity index is 273. The van der Waals surface area contributed by atoms with Gasteiger partial charge < -0.3 is 10.5 Å². The molecule has 1 rings (SSSR count). The number of hydrogen-bond acceptors (Lipinski definition) is 4. The van der Waals surface area contributed by atoms with Crippen LogP contribution in [0.1, 0.15) is 30.5 Å². The molecular weight excluding hydrogens is 196 g/mol. The van der Waals surface area contributed by atoms with Crippen molar-refractivity contribution in [3.8, 4) is 0 Å². The SMILES string of the molecule is COCCc1nc(C(C)C(C)N)cs1. The van der Waals surface area contributed by atoms with E-state index in [0.717, 1.165) is 23.7 Å². The number of nitrogens with two attached hydrogens (primary N) is 1. The van der Waals surface area contributed by atoms with E-state index in [1.807, 2.05) is 6.92 Å². The molecule has 0 aliphatic carbocycles. The van der Waals surface area contributed by atoms with Gasteiger partial charge in [0, 0.05) is 30.9 Å². The maximum Gasteiger partial charge on any atom is 0.0951 e. The van der Waals surface area contributed by atoms with E-state index in [0.29, 0.717) is 5.92 Å². The molecule has 0 saturated carbocycles. The van der Waals surface area contributed by atoms with Gasteiger partial charge in [-0.25, -0.2) is 4.98 Å². The maximum absolute atomic E-state index is 5.82. The number of aromatic nitrogens is 1. The highest BCUT2D eigenvalue weighted by atomic mass is 32.1. The van der Waals surface area contributed by atoms with Gasteiger partial charge in [0.1, 0.15) is 0 Å². The Morgan fingerprint density at radius 2 is 2.29 bits per heavy atom. The summed E-state index contributed by atoms with van der Waals surface area (Å²) in [5.74, 6) is 0.336. The third-order valence-electron chi connectivity index (χ3n) is 2.34. The summed E-state index contributed by atoms with van der Waals surface area (Å²) in [6.07, 6.45) is 0.896.